The van der Waals surface area contributed by atoms with Crippen LogP contribution in [0.25, 0.3) is 0 Å². The normalized spacial score (nSPS) is 28.8. The molecule has 1 aliphatic heterocycles. The van der Waals surface area contributed by atoms with Gasteiger partial charge < -0.3 is 5.11 Å². The largest absolute Gasteiger partial charge is 0.385 e. The number of aliphatic hydroxyl groups is 1. The fraction of sp³-hybridized carbons (Fsp3) is 0.429. The topological polar surface area (TPSA) is 63.0 Å². The number of aromatic nitrogens is 3. The molecule has 1 aliphatic rings. The molecule has 0 unspecified atom stereocenters. The molecule has 2 heterocycles. The maximum atomic E-state index is 14.0. The molecule has 1 aromatic heterocycles. The van der Waals surface area contributed by atoms with Crippen LogP contribution in [-0.4, -0.2) is 26.4 Å². The van der Waals surface area contributed by atoms with Crippen molar-refractivity contribution < 1.29 is 13.9 Å². The first kappa shape index (κ1) is 15.3. The molecule has 0 amide bonds. The summed E-state index contributed by atoms with van der Waals surface area (Å²) < 4.78 is 29.2. The lowest BCUT2D eigenvalue weighted by molar-refractivity contribution is -0.0500. The maximum absolute atomic E-state index is 14.0. The molecule has 3 rings (SSSR count). The molecule has 0 radical (unpaired) electrons. The number of benzene rings is 1. The highest BCUT2D eigenvalue weighted by molar-refractivity contribution is 6.30. The number of rotatable bonds is 2. The number of alkyl halides is 1. The lowest BCUT2D eigenvalue weighted by atomic mass is 9.80. The molecular weight excluding hydrogens is 314 g/mol. The molecule has 0 saturated carbocycles. The average molecular weight is 329 g/mol. The Labute approximate surface area is 130 Å². The predicted molar refractivity (Wildman–Crippen MR) is 76.3 cm³/mol. The van der Waals surface area contributed by atoms with E-state index in [1.54, 1.807) is 13.2 Å². The van der Waals surface area contributed by atoms with Crippen LogP contribution in [0.4, 0.5) is 8.78 Å². The summed E-state index contributed by atoms with van der Waals surface area (Å²) in [5.41, 5.74) is -0.677. The molecule has 5 nitrogen and oxygen atoms in total. The standard InChI is InChI=1S/C14H15ClF2N4O/c1-21-7-12(19-20-21)11-5-14(22,6-13(17)18-11)8-2-3-9(15)10(16)4-8/h2-4,7,11,13,18,22H,5-6H2,1H3/t11-,13+,14+/m0/s1. The highest BCUT2D eigenvalue weighted by atomic mass is 35.5. The minimum absolute atomic E-state index is 0.0384. The summed E-state index contributed by atoms with van der Waals surface area (Å²) in [7, 11) is 1.70. The zero-order valence-electron chi connectivity index (χ0n) is 11.8. The van der Waals surface area contributed by atoms with Crippen molar-refractivity contribution in [2.45, 2.75) is 30.8 Å². The Morgan fingerprint density at radius 1 is 1.45 bits per heavy atom. The van der Waals surface area contributed by atoms with Crippen molar-refractivity contribution in [3.05, 3.63) is 46.5 Å². The summed E-state index contributed by atoms with van der Waals surface area (Å²) in [6.07, 6.45) is 0.195. The summed E-state index contributed by atoms with van der Waals surface area (Å²) in [6, 6.07) is 3.50. The molecule has 1 aromatic carbocycles. The van der Waals surface area contributed by atoms with Crippen LogP contribution in [0.15, 0.2) is 24.4 Å². The van der Waals surface area contributed by atoms with E-state index in [4.69, 9.17) is 11.6 Å². The van der Waals surface area contributed by atoms with Crippen molar-refractivity contribution in [3.63, 3.8) is 0 Å². The van der Waals surface area contributed by atoms with Gasteiger partial charge in [0.15, 0.2) is 6.30 Å². The summed E-state index contributed by atoms with van der Waals surface area (Å²) >= 11 is 5.66. The van der Waals surface area contributed by atoms with Gasteiger partial charge in [-0.1, -0.05) is 22.9 Å². The fourth-order valence-corrected chi connectivity index (χ4v) is 2.91. The maximum Gasteiger partial charge on any atom is 0.154 e. The predicted octanol–water partition coefficient (Wildman–Crippen LogP) is 2.22. The number of hydrogen-bond donors (Lipinski definition) is 2. The van der Waals surface area contributed by atoms with E-state index in [9.17, 15) is 13.9 Å². The second kappa shape index (κ2) is 5.57. The lowest BCUT2D eigenvalue weighted by Crippen LogP contribution is -2.46. The SMILES string of the molecule is Cn1cc([C@@H]2C[C@](O)(c3ccc(Cl)c(F)c3)C[C@H](F)N2)nn1. The van der Waals surface area contributed by atoms with E-state index >= 15 is 0 Å². The van der Waals surface area contributed by atoms with Crippen LogP contribution in [0.2, 0.25) is 5.02 Å². The van der Waals surface area contributed by atoms with Gasteiger partial charge >= 0.3 is 0 Å². The van der Waals surface area contributed by atoms with Crippen LogP contribution in [0, 0.1) is 5.82 Å². The summed E-state index contributed by atoms with van der Waals surface area (Å²) in [6.45, 7) is 0. The van der Waals surface area contributed by atoms with Gasteiger partial charge in [0.2, 0.25) is 0 Å². The zero-order chi connectivity index (χ0) is 15.9. The fourth-order valence-electron chi connectivity index (χ4n) is 2.79. The van der Waals surface area contributed by atoms with Gasteiger partial charge in [-0.15, -0.1) is 5.10 Å². The van der Waals surface area contributed by atoms with Gasteiger partial charge in [0.05, 0.1) is 22.4 Å². The highest BCUT2D eigenvalue weighted by Crippen LogP contribution is 2.40. The van der Waals surface area contributed by atoms with E-state index in [0.717, 1.165) is 6.07 Å². The van der Waals surface area contributed by atoms with Crippen molar-refractivity contribution in [3.8, 4) is 0 Å². The van der Waals surface area contributed by atoms with E-state index in [0.29, 0.717) is 11.3 Å². The third-order valence-electron chi connectivity index (χ3n) is 3.88. The smallest absolute Gasteiger partial charge is 0.154 e. The van der Waals surface area contributed by atoms with Gasteiger partial charge in [0.1, 0.15) is 5.82 Å². The second-order valence-corrected chi connectivity index (χ2v) is 5.98. The zero-order valence-corrected chi connectivity index (χ0v) is 12.6. The van der Waals surface area contributed by atoms with Crippen molar-refractivity contribution in [2.75, 3.05) is 0 Å². The first-order valence-corrected chi connectivity index (χ1v) is 7.19. The van der Waals surface area contributed by atoms with E-state index in [-0.39, 0.29) is 17.9 Å². The van der Waals surface area contributed by atoms with Crippen LogP contribution in [0.1, 0.15) is 30.1 Å². The highest BCUT2D eigenvalue weighted by Gasteiger charge is 2.42. The molecule has 0 bridgehead atoms. The number of nitrogens with one attached hydrogen (secondary N) is 1. The summed E-state index contributed by atoms with van der Waals surface area (Å²) in [5.74, 6) is -0.641. The van der Waals surface area contributed by atoms with Crippen LogP contribution in [-0.2, 0) is 12.6 Å². The minimum Gasteiger partial charge on any atom is -0.385 e. The number of hydrogen-bond acceptors (Lipinski definition) is 4. The van der Waals surface area contributed by atoms with E-state index in [1.165, 1.54) is 16.8 Å². The van der Waals surface area contributed by atoms with E-state index < -0.39 is 23.8 Å². The van der Waals surface area contributed by atoms with Crippen molar-refractivity contribution in [1.29, 1.82) is 0 Å². The summed E-state index contributed by atoms with van der Waals surface area (Å²) in [5, 5.41) is 21.3. The van der Waals surface area contributed by atoms with Gasteiger partial charge in [-0.3, -0.25) is 10.00 Å². The van der Waals surface area contributed by atoms with Crippen molar-refractivity contribution >= 4 is 11.6 Å². The lowest BCUT2D eigenvalue weighted by Gasteiger charge is -2.39. The van der Waals surface area contributed by atoms with Gasteiger partial charge in [0.25, 0.3) is 0 Å². The van der Waals surface area contributed by atoms with Gasteiger partial charge in [-0.25, -0.2) is 8.78 Å². The van der Waals surface area contributed by atoms with Crippen molar-refractivity contribution in [1.82, 2.24) is 20.3 Å². The number of aryl methyl sites for hydroxylation is 1. The Kier molecular flexibility index (Phi) is 3.88. The molecule has 22 heavy (non-hydrogen) atoms. The second-order valence-electron chi connectivity index (χ2n) is 5.57. The van der Waals surface area contributed by atoms with Gasteiger partial charge in [-0.2, -0.15) is 0 Å². The van der Waals surface area contributed by atoms with Crippen LogP contribution in [0.5, 0.6) is 0 Å². The van der Waals surface area contributed by atoms with Gasteiger partial charge in [0, 0.05) is 26.1 Å². The van der Waals surface area contributed by atoms with E-state index in [1.807, 2.05) is 0 Å². The first-order chi connectivity index (χ1) is 10.4. The van der Waals surface area contributed by atoms with Crippen LogP contribution in [0.3, 0.4) is 0 Å². The van der Waals surface area contributed by atoms with E-state index in [2.05, 4.69) is 15.6 Å². The molecule has 1 saturated heterocycles. The monoisotopic (exact) mass is 328 g/mol. The Hall–Kier alpha value is -1.57. The Morgan fingerprint density at radius 2 is 2.23 bits per heavy atom. The average Bonchev–Trinajstić information content (AvgIpc) is 2.87. The Balaban J connectivity index is 1.93. The molecule has 2 N–H and O–H groups in total. The molecule has 8 heteroatoms. The molecule has 0 aliphatic carbocycles. The molecule has 118 valence electrons. The molecule has 2 aromatic rings. The Bertz CT molecular complexity index is 695. The minimum atomic E-state index is -1.50. The molecular formula is C14H15ClF2N4O. The molecule has 0 spiro atoms. The third kappa shape index (κ3) is 2.84. The number of piperidine rings is 1. The van der Waals surface area contributed by atoms with Crippen molar-refractivity contribution in [2.24, 2.45) is 7.05 Å². The quantitative estimate of drug-likeness (QED) is 0.830. The first-order valence-electron chi connectivity index (χ1n) is 6.82. The summed E-state index contributed by atoms with van der Waals surface area (Å²) in [4.78, 5) is 0. The van der Waals surface area contributed by atoms with Gasteiger partial charge in [-0.05, 0) is 17.7 Å². The third-order valence-corrected chi connectivity index (χ3v) is 4.18. The number of nitrogens with zero attached hydrogens (tertiary/aromatic N) is 3. The van der Waals surface area contributed by atoms with Crippen LogP contribution < -0.4 is 5.32 Å². The molecule has 1 fully saturated rings. The Morgan fingerprint density at radius 3 is 2.86 bits per heavy atom. The number of halogens is 3. The van der Waals surface area contributed by atoms with Crippen LogP contribution >= 0.6 is 11.6 Å². The molecule has 3 atom stereocenters.